The Morgan fingerprint density at radius 3 is 3.00 bits per heavy atom. The minimum atomic E-state index is 0.614. The summed E-state index contributed by atoms with van der Waals surface area (Å²) in [4.78, 5) is 4.38. The molecular weight excluding hydrogens is 158 g/mol. The van der Waals surface area contributed by atoms with E-state index in [9.17, 15) is 0 Å². The van der Waals surface area contributed by atoms with Crippen molar-refractivity contribution in [1.82, 2.24) is 4.98 Å². The lowest BCUT2D eigenvalue weighted by molar-refractivity contribution is 0.820. The molecule has 1 heteroatoms. The van der Waals surface area contributed by atoms with Gasteiger partial charge in [0.2, 0.25) is 0 Å². The summed E-state index contributed by atoms with van der Waals surface area (Å²) in [5.74, 6) is 0.614. The Morgan fingerprint density at radius 1 is 1.38 bits per heavy atom. The number of allylic oxidation sites excluding steroid dienone is 1. The molecule has 68 valence electrons. The van der Waals surface area contributed by atoms with Crippen molar-refractivity contribution in [3.63, 3.8) is 0 Å². The van der Waals surface area contributed by atoms with Gasteiger partial charge in [0.25, 0.3) is 0 Å². The third kappa shape index (κ3) is 1.51. The molecule has 0 fully saturated rings. The molecule has 0 aromatic carbocycles. The van der Waals surface area contributed by atoms with Crippen LogP contribution >= 0.6 is 0 Å². The highest BCUT2D eigenvalue weighted by atomic mass is 14.7. The Hall–Kier alpha value is -1.11. The van der Waals surface area contributed by atoms with Crippen LogP contribution in [0.1, 0.15) is 43.0 Å². The van der Waals surface area contributed by atoms with Crippen LogP contribution in [0, 0.1) is 0 Å². The van der Waals surface area contributed by atoms with Crippen molar-refractivity contribution in [2.75, 3.05) is 0 Å². The predicted octanol–water partition coefficient (Wildman–Crippen LogP) is 3.16. The first-order valence-corrected chi connectivity index (χ1v) is 4.93. The highest BCUT2D eigenvalue weighted by Crippen LogP contribution is 2.25. The number of rotatable bonds is 1. The van der Waals surface area contributed by atoms with Crippen molar-refractivity contribution in [1.29, 1.82) is 0 Å². The van der Waals surface area contributed by atoms with E-state index in [1.54, 1.807) is 0 Å². The van der Waals surface area contributed by atoms with E-state index in [0.717, 1.165) is 6.42 Å². The third-order valence-electron chi connectivity index (χ3n) is 2.58. The Bertz CT molecular complexity index is 337. The quantitative estimate of drug-likeness (QED) is 0.635. The molecule has 1 aliphatic rings. The molecule has 0 N–H and O–H groups in total. The standard InChI is InChI=1S/C12H15N/c1-9(2)10-7-8-13-12-6-4-3-5-11(10)12/h4,6-9H,3,5H2,1-2H3. The Morgan fingerprint density at radius 2 is 2.23 bits per heavy atom. The second-order valence-corrected chi connectivity index (χ2v) is 3.86. The molecule has 1 heterocycles. The van der Waals surface area contributed by atoms with Crippen LogP contribution in [0.5, 0.6) is 0 Å². The second kappa shape index (κ2) is 3.33. The third-order valence-corrected chi connectivity index (χ3v) is 2.58. The van der Waals surface area contributed by atoms with Gasteiger partial charge in [-0.25, -0.2) is 0 Å². The molecule has 13 heavy (non-hydrogen) atoms. The molecule has 0 saturated carbocycles. The molecule has 0 atom stereocenters. The van der Waals surface area contributed by atoms with Gasteiger partial charge in [0.1, 0.15) is 0 Å². The number of hydrogen-bond donors (Lipinski definition) is 0. The summed E-state index contributed by atoms with van der Waals surface area (Å²) in [6.07, 6.45) is 8.60. The normalized spacial score (nSPS) is 14.7. The van der Waals surface area contributed by atoms with Crippen molar-refractivity contribution >= 4 is 6.08 Å². The average Bonchev–Trinajstić information content (AvgIpc) is 2.17. The molecule has 0 spiro atoms. The van der Waals surface area contributed by atoms with Crippen LogP contribution in [0.4, 0.5) is 0 Å². The Balaban J connectivity index is 2.53. The smallest absolute Gasteiger partial charge is 0.0661 e. The molecular formula is C12H15N. The minimum absolute atomic E-state index is 0.614. The SMILES string of the molecule is CC(C)c1ccnc2c1CCC=C2. The van der Waals surface area contributed by atoms with Crippen molar-refractivity contribution in [2.45, 2.75) is 32.6 Å². The summed E-state index contributed by atoms with van der Waals surface area (Å²) in [7, 11) is 0. The van der Waals surface area contributed by atoms with Crippen LogP contribution in [0.15, 0.2) is 18.3 Å². The molecule has 1 nitrogen and oxygen atoms in total. The topological polar surface area (TPSA) is 12.9 Å². The molecule has 0 bridgehead atoms. The molecule has 0 radical (unpaired) electrons. The van der Waals surface area contributed by atoms with Crippen LogP contribution < -0.4 is 0 Å². The van der Waals surface area contributed by atoms with Gasteiger partial charge >= 0.3 is 0 Å². The van der Waals surface area contributed by atoms with Crippen LogP contribution in [0.2, 0.25) is 0 Å². The average molecular weight is 173 g/mol. The van der Waals surface area contributed by atoms with E-state index >= 15 is 0 Å². The first-order chi connectivity index (χ1) is 6.29. The monoisotopic (exact) mass is 173 g/mol. The number of hydrogen-bond acceptors (Lipinski definition) is 1. The Labute approximate surface area is 79.5 Å². The van der Waals surface area contributed by atoms with Gasteiger partial charge in [-0.15, -0.1) is 0 Å². The van der Waals surface area contributed by atoms with Gasteiger partial charge in [-0.3, -0.25) is 4.98 Å². The summed E-state index contributed by atoms with van der Waals surface area (Å²) >= 11 is 0. The van der Waals surface area contributed by atoms with E-state index in [0.29, 0.717) is 5.92 Å². The molecule has 0 unspecified atom stereocenters. The maximum absolute atomic E-state index is 4.38. The van der Waals surface area contributed by atoms with Gasteiger partial charge in [-0.1, -0.05) is 19.9 Å². The zero-order valence-corrected chi connectivity index (χ0v) is 8.25. The van der Waals surface area contributed by atoms with Gasteiger partial charge < -0.3 is 0 Å². The second-order valence-electron chi connectivity index (χ2n) is 3.86. The van der Waals surface area contributed by atoms with Crippen LogP contribution in [0.25, 0.3) is 6.08 Å². The lowest BCUT2D eigenvalue weighted by Gasteiger charge is -2.16. The van der Waals surface area contributed by atoms with E-state index < -0.39 is 0 Å². The van der Waals surface area contributed by atoms with E-state index in [1.165, 1.54) is 23.2 Å². The summed E-state index contributed by atoms with van der Waals surface area (Å²) in [6, 6.07) is 2.16. The van der Waals surface area contributed by atoms with Crippen molar-refractivity contribution < 1.29 is 0 Å². The van der Waals surface area contributed by atoms with E-state index in [-0.39, 0.29) is 0 Å². The zero-order valence-electron chi connectivity index (χ0n) is 8.25. The van der Waals surface area contributed by atoms with Crippen molar-refractivity contribution in [3.8, 4) is 0 Å². The number of fused-ring (bicyclic) bond motifs is 1. The van der Waals surface area contributed by atoms with Crippen LogP contribution in [-0.2, 0) is 6.42 Å². The van der Waals surface area contributed by atoms with Gasteiger partial charge in [-0.2, -0.15) is 0 Å². The summed E-state index contributed by atoms with van der Waals surface area (Å²) in [5.41, 5.74) is 4.10. The lowest BCUT2D eigenvalue weighted by Crippen LogP contribution is -2.03. The summed E-state index contributed by atoms with van der Waals surface area (Å²) in [5, 5.41) is 0. The van der Waals surface area contributed by atoms with E-state index in [2.05, 4.69) is 37.0 Å². The predicted molar refractivity (Wildman–Crippen MR) is 55.7 cm³/mol. The molecule has 0 saturated heterocycles. The summed E-state index contributed by atoms with van der Waals surface area (Å²) < 4.78 is 0. The molecule has 2 rings (SSSR count). The lowest BCUT2D eigenvalue weighted by atomic mass is 9.91. The number of nitrogens with zero attached hydrogens (tertiary/aromatic N) is 1. The molecule has 0 aliphatic heterocycles. The molecule has 1 aromatic heterocycles. The number of pyridine rings is 1. The van der Waals surface area contributed by atoms with Crippen molar-refractivity contribution in [3.05, 3.63) is 35.2 Å². The number of aromatic nitrogens is 1. The maximum Gasteiger partial charge on any atom is 0.0661 e. The van der Waals surface area contributed by atoms with Gasteiger partial charge in [0.15, 0.2) is 0 Å². The largest absolute Gasteiger partial charge is 0.257 e. The fourth-order valence-corrected chi connectivity index (χ4v) is 1.90. The summed E-state index contributed by atoms with van der Waals surface area (Å²) in [6.45, 7) is 4.49. The van der Waals surface area contributed by atoms with E-state index in [1.807, 2.05) is 6.20 Å². The van der Waals surface area contributed by atoms with E-state index in [4.69, 9.17) is 0 Å². The first kappa shape index (κ1) is 8.49. The van der Waals surface area contributed by atoms with Crippen molar-refractivity contribution in [2.24, 2.45) is 0 Å². The first-order valence-electron chi connectivity index (χ1n) is 4.93. The van der Waals surface area contributed by atoms with Gasteiger partial charge in [-0.05, 0) is 42.0 Å². The Kier molecular flexibility index (Phi) is 2.17. The fraction of sp³-hybridized carbons (Fsp3) is 0.417. The van der Waals surface area contributed by atoms with Crippen LogP contribution in [0.3, 0.4) is 0 Å². The highest BCUT2D eigenvalue weighted by Gasteiger charge is 2.12. The molecule has 1 aliphatic carbocycles. The minimum Gasteiger partial charge on any atom is -0.257 e. The maximum atomic E-state index is 4.38. The molecule has 1 aromatic rings. The van der Waals surface area contributed by atoms with Gasteiger partial charge in [0, 0.05) is 6.20 Å². The fourth-order valence-electron chi connectivity index (χ4n) is 1.90. The van der Waals surface area contributed by atoms with Crippen LogP contribution in [-0.4, -0.2) is 4.98 Å². The zero-order chi connectivity index (χ0) is 9.26. The molecule has 0 amide bonds. The highest BCUT2D eigenvalue weighted by molar-refractivity contribution is 5.54. The van der Waals surface area contributed by atoms with Gasteiger partial charge in [0.05, 0.1) is 5.69 Å².